The van der Waals surface area contributed by atoms with Crippen molar-refractivity contribution in [2.24, 2.45) is 5.92 Å². The molecule has 0 aliphatic heterocycles. The van der Waals surface area contributed by atoms with Crippen LogP contribution in [-0.4, -0.2) is 33.7 Å². The minimum absolute atomic E-state index is 0.210. The van der Waals surface area contributed by atoms with E-state index in [0.717, 1.165) is 19.0 Å². The van der Waals surface area contributed by atoms with Crippen molar-refractivity contribution in [1.29, 1.82) is 0 Å². The number of hydrogen-bond acceptors (Lipinski definition) is 4. The zero-order valence-corrected chi connectivity index (χ0v) is 11.8. The van der Waals surface area contributed by atoms with E-state index in [2.05, 4.69) is 10.4 Å². The predicted molar refractivity (Wildman–Crippen MR) is 71.4 cm³/mol. The first-order valence-corrected chi connectivity index (χ1v) is 6.88. The van der Waals surface area contributed by atoms with Gasteiger partial charge in [-0.15, -0.1) is 0 Å². The molecule has 0 spiro atoms. The molecule has 0 amide bonds. The Morgan fingerprint density at radius 3 is 2.76 bits per heavy atom. The fraction of sp³-hybridized carbons (Fsp3) is 0.667. The minimum Gasteiger partial charge on any atom is -0.393 e. The van der Waals surface area contributed by atoms with Crippen LogP contribution < -0.4 is 10.9 Å². The molecule has 0 saturated heterocycles. The molecule has 0 aromatic carbocycles. The Bertz CT molecular complexity index is 562. The summed E-state index contributed by atoms with van der Waals surface area (Å²) in [6.07, 6.45) is -1.50. The molecule has 9 heteroatoms. The summed E-state index contributed by atoms with van der Waals surface area (Å²) in [7, 11) is 0. The van der Waals surface area contributed by atoms with E-state index in [1.807, 2.05) is 0 Å². The number of nitrogens with zero attached hydrogens (tertiary/aromatic N) is 2. The zero-order valence-electron chi connectivity index (χ0n) is 11.0. The highest BCUT2D eigenvalue weighted by molar-refractivity contribution is 6.32. The van der Waals surface area contributed by atoms with E-state index in [1.54, 1.807) is 0 Å². The van der Waals surface area contributed by atoms with Gasteiger partial charge >= 0.3 is 6.18 Å². The van der Waals surface area contributed by atoms with Crippen LogP contribution in [-0.2, 0) is 6.54 Å². The molecule has 118 valence electrons. The summed E-state index contributed by atoms with van der Waals surface area (Å²) >= 11 is 5.79. The van der Waals surface area contributed by atoms with Crippen LogP contribution in [0.25, 0.3) is 0 Å². The SMILES string of the molecule is O=c1c(Cl)c(NCC2CCC(O)C2)cnn1CC(F)(F)F. The lowest BCUT2D eigenvalue weighted by molar-refractivity contribution is -0.143. The van der Waals surface area contributed by atoms with Crippen molar-refractivity contribution < 1.29 is 18.3 Å². The van der Waals surface area contributed by atoms with Gasteiger partial charge in [0.05, 0.1) is 18.0 Å². The van der Waals surface area contributed by atoms with Gasteiger partial charge in [-0.3, -0.25) is 4.79 Å². The molecule has 1 aliphatic rings. The molecule has 1 heterocycles. The molecule has 1 aliphatic carbocycles. The average Bonchev–Trinajstić information content (AvgIpc) is 2.79. The molecule has 1 fully saturated rings. The molecule has 1 aromatic rings. The Balaban J connectivity index is 2.05. The third kappa shape index (κ3) is 4.34. The molecule has 21 heavy (non-hydrogen) atoms. The average molecular weight is 326 g/mol. The highest BCUT2D eigenvalue weighted by atomic mass is 35.5. The lowest BCUT2D eigenvalue weighted by atomic mass is 10.1. The molecule has 0 bridgehead atoms. The van der Waals surface area contributed by atoms with Crippen LogP contribution >= 0.6 is 11.6 Å². The van der Waals surface area contributed by atoms with Gasteiger partial charge in [-0.1, -0.05) is 11.6 Å². The number of aliphatic hydroxyl groups excluding tert-OH is 1. The van der Waals surface area contributed by atoms with Gasteiger partial charge in [0.15, 0.2) is 0 Å². The standard InChI is InChI=1S/C12H15ClF3N3O2/c13-10-9(17-4-7-1-2-8(20)3-7)5-18-19(11(10)21)6-12(14,15)16/h5,7-8,17,20H,1-4,6H2. The topological polar surface area (TPSA) is 67.2 Å². The third-order valence-electron chi connectivity index (χ3n) is 3.41. The van der Waals surface area contributed by atoms with E-state index >= 15 is 0 Å². The second kappa shape index (κ2) is 6.23. The maximum absolute atomic E-state index is 12.3. The Kier molecular flexibility index (Phi) is 4.77. The molecular weight excluding hydrogens is 311 g/mol. The van der Waals surface area contributed by atoms with Crippen molar-refractivity contribution in [3.8, 4) is 0 Å². The van der Waals surface area contributed by atoms with Crippen LogP contribution in [0.15, 0.2) is 11.0 Å². The van der Waals surface area contributed by atoms with Crippen LogP contribution in [0.1, 0.15) is 19.3 Å². The lowest BCUT2D eigenvalue weighted by Gasteiger charge is -2.14. The second-order valence-corrected chi connectivity index (χ2v) is 5.54. The first kappa shape index (κ1) is 16.1. The monoisotopic (exact) mass is 325 g/mol. The Morgan fingerprint density at radius 1 is 1.48 bits per heavy atom. The summed E-state index contributed by atoms with van der Waals surface area (Å²) in [5, 5.41) is 15.5. The molecule has 2 atom stereocenters. The number of aliphatic hydroxyl groups is 1. The maximum Gasteiger partial charge on any atom is 0.408 e. The smallest absolute Gasteiger partial charge is 0.393 e. The van der Waals surface area contributed by atoms with E-state index in [1.165, 1.54) is 0 Å². The third-order valence-corrected chi connectivity index (χ3v) is 3.77. The van der Waals surface area contributed by atoms with Gasteiger partial charge < -0.3 is 10.4 Å². The minimum atomic E-state index is -4.53. The van der Waals surface area contributed by atoms with E-state index in [4.69, 9.17) is 11.6 Å². The molecule has 1 aromatic heterocycles. The summed E-state index contributed by atoms with van der Waals surface area (Å²) < 4.78 is 37.1. The molecule has 2 N–H and O–H groups in total. The molecule has 2 unspecified atom stereocenters. The van der Waals surface area contributed by atoms with Gasteiger partial charge in [-0.25, -0.2) is 4.68 Å². The summed E-state index contributed by atoms with van der Waals surface area (Å²) in [6, 6.07) is 0. The fourth-order valence-electron chi connectivity index (χ4n) is 2.36. The second-order valence-electron chi connectivity index (χ2n) is 5.16. The van der Waals surface area contributed by atoms with Gasteiger partial charge in [-0.2, -0.15) is 18.3 Å². The highest BCUT2D eigenvalue weighted by Gasteiger charge is 2.30. The van der Waals surface area contributed by atoms with E-state index in [9.17, 15) is 23.1 Å². The van der Waals surface area contributed by atoms with Gasteiger partial charge in [0.25, 0.3) is 5.56 Å². The molecular formula is C12H15ClF3N3O2. The van der Waals surface area contributed by atoms with Gasteiger partial charge in [0.2, 0.25) is 0 Å². The number of nitrogens with one attached hydrogen (secondary N) is 1. The van der Waals surface area contributed by atoms with Crippen LogP contribution in [0.2, 0.25) is 5.02 Å². The van der Waals surface area contributed by atoms with Crippen LogP contribution in [0.3, 0.4) is 0 Å². The number of hydrogen-bond donors (Lipinski definition) is 2. The van der Waals surface area contributed by atoms with Crippen molar-refractivity contribution in [2.45, 2.75) is 38.1 Å². The zero-order chi connectivity index (χ0) is 15.6. The van der Waals surface area contributed by atoms with Crippen molar-refractivity contribution >= 4 is 17.3 Å². The number of halogens is 4. The van der Waals surface area contributed by atoms with E-state index in [0.29, 0.717) is 13.0 Å². The molecule has 2 rings (SSSR count). The first-order valence-electron chi connectivity index (χ1n) is 6.50. The number of alkyl halides is 3. The molecule has 0 radical (unpaired) electrons. The Hall–Kier alpha value is -1.28. The number of aromatic nitrogens is 2. The van der Waals surface area contributed by atoms with Crippen molar-refractivity contribution in [2.75, 3.05) is 11.9 Å². The summed E-state index contributed by atoms with van der Waals surface area (Å²) in [4.78, 5) is 11.7. The summed E-state index contributed by atoms with van der Waals surface area (Å²) in [5.41, 5.74) is -0.771. The van der Waals surface area contributed by atoms with Crippen LogP contribution in [0.4, 0.5) is 18.9 Å². The maximum atomic E-state index is 12.3. The molecule has 5 nitrogen and oxygen atoms in total. The van der Waals surface area contributed by atoms with Crippen molar-refractivity contribution in [3.05, 3.63) is 21.6 Å². The summed E-state index contributed by atoms with van der Waals surface area (Å²) in [5.74, 6) is 0.244. The Morgan fingerprint density at radius 2 is 2.19 bits per heavy atom. The normalized spacial score (nSPS) is 22.5. The fourth-order valence-corrected chi connectivity index (χ4v) is 2.57. The summed E-state index contributed by atoms with van der Waals surface area (Å²) in [6.45, 7) is -0.984. The highest BCUT2D eigenvalue weighted by Crippen LogP contribution is 2.26. The quantitative estimate of drug-likeness (QED) is 0.889. The van der Waals surface area contributed by atoms with E-state index in [-0.39, 0.29) is 27.4 Å². The van der Waals surface area contributed by atoms with Gasteiger partial charge in [0.1, 0.15) is 11.6 Å². The first-order chi connectivity index (χ1) is 9.76. The van der Waals surface area contributed by atoms with Crippen LogP contribution in [0, 0.1) is 5.92 Å². The van der Waals surface area contributed by atoms with E-state index < -0.39 is 18.3 Å². The van der Waals surface area contributed by atoms with Crippen LogP contribution in [0.5, 0.6) is 0 Å². The van der Waals surface area contributed by atoms with Crippen molar-refractivity contribution in [1.82, 2.24) is 9.78 Å². The van der Waals surface area contributed by atoms with Gasteiger partial charge in [-0.05, 0) is 25.2 Å². The van der Waals surface area contributed by atoms with Crippen molar-refractivity contribution in [3.63, 3.8) is 0 Å². The Labute approximate surface area is 123 Å². The molecule has 1 saturated carbocycles. The van der Waals surface area contributed by atoms with Gasteiger partial charge in [0, 0.05) is 6.54 Å². The largest absolute Gasteiger partial charge is 0.408 e. The predicted octanol–water partition coefficient (Wildman–Crippen LogP) is 2.03. The lowest BCUT2D eigenvalue weighted by Crippen LogP contribution is -2.31. The number of anilines is 1. The number of rotatable bonds is 4.